The molecule has 7 heteroatoms. The number of amides is 1. The molecule has 5 nitrogen and oxygen atoms in total. The normalized spacial score (nSPS) is 10.9. The van der Waals surface area contributed by atoms with Crippen molar-refractivity contribution in [1.29, 1.82) is 0 Å². The Morgan fingerprint density at radius 3 is 2.32 bits per heavy atom. The van der Waals surface area contributed by atoms with E-state index in [0.29, 0.717) is 31.9 Å². The fraction of sp³-hybridized carbons (Fsp3) is 0.0370. The maximum absolute atomic E-state index is 13.3. The van der Waals surface area contributed by atoms with Gasteiger partial charge in [0.2, 0.25) is 0 Å². The van der Waals surface area contributed by atoms with Gasteiger partial charge in [-0.05, 0) is 35.4 Å². The van der Waals surface area contributed by atoms with Crippen LogP contribution in [-0.4, -0.2) is 18.0 Å². The Morgan fingerprint density at radius 1 is 0.971 bits per heavy atom. The molecule has 1 amide bonds. The number of ether oxygens (including phenoxy) is 1. The van der Waals surface area contributed by atoms with Gasteiger partial charge in [0.25, 0.3) is 5.91 Å². The van der Waals surface area contributed by atoms with Crippen LogP contribution in [0.5, 0.6) is 5.75 Å². The number of hydrogen-bond acceptors (Lipinski definition) is 5. The Morgan fingerprint density at radius 2 is 1.65 bits per heavy atom. The lowest BCUT2D eigenvalue weighted by Crippen LogP contribution is -2.12. The van der Waals surface area contributed by atoms with E-state index < -0.39 is 0 Å². The molecule has 34 heavy (non-hydrogen) atoms. The molecule has 5 rings (SSSR count). The van der Waals surface area contributed by atoms with Gasteiger partial charge in [-0.25, -0.2) is 4.98 Å². The third-order valence-electron chi connectivity index (χ3n) is 5.47. The van der Waals surface area contributed by atoms with Crippen molar-refractivity contribution in [2.75, 3.05) is 18.2 Å². The van der Waals surface area contributed by atoms with Crippen molar-refractivity contribution in [2.24, 2.45) is 0 Å². The van der Waals surface area contributed by atoms with Gasteiger partial charge in [0.1, 0.15) is 15.5 Å². The van der Waals surface area contributed by atoms with Gasteiger partial charge in [0.05, 0.1) is 24.2 Å². The van der Waals surface area contributed by atoms with Crippen molar-refractivity contribution in [1.82, 2.24) is 4.98 Å². The van der Waals surface area contributed by atoms with Gasteiger partial charge >= 0.3 is 0 Å². The second-order valence-electron chi connectivity index (χ2n) is 7.61. The molecule has 3 aromatic carbocycles. The predicted octanol–water partition coefficient (Wildman–Crippen LogP) is 7.13. The topological polar surface area (TPSA) is 77.2 Å². The third-order valence-corrected chi connectivity index (χ3v) is 6.80. The first-order chi connectivity index (χ1) is 16.5. The second kappa shape index (κ2) is 9.17. The molecular weight excluding hydrogens is 466 g/mol. The second-order valence-corrected chi connectivity index (χ2v) is 9.05. The van der Waals surface area contributed by atoms with Crippen molar-refractivity contribution in [2.45, 2.75) is 0 Å². The van der Waals surface area contributed by atoms with E-state index in [1.807, 2.05) is 66.7 Å². The van der Waals surface area contributed by atoms with Crippen LogP contribution in [0.25, 0.3) is 32.6 Å². The summed E-state index contributed by atoms with van der Waals surface area (Å²) in [5, 5.41) is 4.13. The Hall–Kier alpha value is -3.87. The zero-order valence-corrected chi connectivity index (χ0v) is 19.8. The van der Waals surface area contributed by atoms with Crippen LogP contribution in [0.1, 0.15) is 9.67 Å². The molecule has 0 saturated heterocycles. The van der Waals surface area contributed by atoms with Crippen molar-refractivity contribution in [3.05, 3.63) is 94.8 Å². The van der Waals surface area contributed by atoms with Crippen LogP contribution in [0.3, 0.4) is 0 Å². The van der Waals surface area contributed by atoms with Gasteiger partial charge in [0, 0.05) is 16.0 Å². The summed E-state index contributed by atoms with van der Waals surface area (Å²) in [5.74, 6) is 0.160. The number of nitrogens with two attached hydrogens (primary N) is 1. The summed E-state index contributed by atoms with van der Waals surface area (Å²) in [6.07, 6.45) is 0. The number of aromatic nitrogens is 1. The minimum atomic E-state index is -0.346. The predicted molar refractivity (Wildman–Crippen MR) is 141 cm³/mol. The molecule has 0 bridgehead atoms. The van der Waals surface area contributed by atoms with Crippen LogP contribution < -0.4 is 15.8 Å². The Labute approximate surface area is 205 Å². The molecule has 0 fully saturated rings. The number of halogens is 1. The minimum Gasteiger partial charge on any atom is -0.495 e. The molecule has 0 aliphatic rings. The number of nitrogens with one attached hydrogen (secondary N) is 1. The smallest absolute Gasteiger partial charge is 0.268 e. The Balaban J connectivity index is 1.66. The number of nitrogens with zero attached hydrogens (tertiary/aromatic N) is 1. The van der Waals surface area contributed by atoms with Crippen molar-refractivity contribution in [3.8, 4) is 28.1 Å². The maximum Gasteiger partial charge on any atom is 0.268 e. The first kappa shape index (κ1) is 21.9. The Bertz CT molecular complexity index is 1500. The third kappa shape index (κ3) is 4.09. The average Bonchev–Trinajstić information content (AvgIpc) is 3.21. The number of fused-ring (bicyclic) bond motifs is 1. The van der Waals surface area contributed by atoms with Crippen LogP contribution in [-0.2, 0) is 0 Å². The van der Waals surface area contributed by atoms with Gasteiger partial charge in [-0.15, -0.1) is 11.3 Å². The minimum absolute atomic E-state index is 0.346. The number of nitrogen functional groups attached to an aromatic ring is 1. The summed E-state index contributed by atoms with van der Waals surface area (Å²) in [4.78, 5) is 19.2. The monoisotopic (exact) mass is 485 g/mol. The van der Waals surface area contributed by atoms with Crippen LogP contribution in [0, 0.1) is 0 Å². The highest BCUT2D eigenvalue weighted by atomic mass is 35.5. The molecule has 168 valence electrons. The quantitative estimate of drug-likeness (QED) is 0.277. The summed E-state index contributed by atoms with van der Waals surface area (Å²) in [6.45, 7) is 0. The van der Waals surface area contributed by atoms with Crippen molar-refractivity contribution >= 4 is 50.4 Å². The Kier molecular flexibility index (Phi) is 5.92. The average molecular weight is 486 g/mol. The van der Waals surface area contributed by atoms with Gasteiger partial charge < -0.3 is 15.8 Å². The molecular formula is C27H20ClN3O2S. The lowest BCUT2D eigenvalue weighted by Gasteiger charge is -2.10. The van der Waals surface area contributed by atoms with Gasteiger partial charge in [-0.3, -0.25) is 4.79 Å². The van der Waals surface area contributed by atoms with Crippen LogP contribution in [0.4, 0.5) is 11.4 Å². The molecule has 0 aliphatic heterocycles. The lowest BCUT2D eigenvalue weighted by atomic mass is 9.99. The highest BCUT2D eigenvalue weighted by Crippen LogP contribution is 2.42. The molecule has 0 spiro atoms. The summed E-state index contributed by atoms with van der Waals surface area (Å²) < 4.78 is 5.35. The fourth-order valence-electron chi connectivity index (χ4n) is 3.85. The molecule has 0 aliphatic carbocycles. The van der Waals surface area contributed by atoms with E-state index in [1.54, 1.807) is 18.2 Å². The summed E-state index contributed by atoms with van der Waals surface area (Å²) in [6, 6.07) is 27.0. The number of anilines is 2. The van der Waals surface area contributed by atoms with Crippen LogP contribution in [0.2, 0.25) is 5.02 Å². The molecule has 0 atom stereocenters. The summed E-state index contributed by atoms with van der Waals surface area (Å²) >= 11 is 7.39. The number of hydrogen-bond donors (Lipinski definition) is 2. The van der Waals surface area contributed by atoms with Crippen molar-refractivity contribution in [3.63, 3.8) is 0 Å². The molecule has 0 radical (unpaired) electrons. The van der Waals surface area contributed by atoms with E-state index in [4.69, 9.17) is 27.1 Å². The number of methoxy groups -OCH3 is 1. The zero-order chi connectivity index (χ0) is 23.7. The van der Waals surface area contributed by atoms with Gasteiger partial charge in [0.15, 0.2) is 0 Å². The molecule has 2 heterocycles. The number of pyridine rings is 1. The molecule has 5 aromatic rings. The number of rotatable bonds is 5. The molecule has 0 unspecified atom stereocenters. The van der Waals surface area contributed by atoms with E-state index in [1.165, 1.54) is 18.4 Å². The van der Waals surface area contributed by atoms with Crippen LogP contribution >= 0.6 is 22.9 Å². The molecule has 2 aromatic heterocycles. The number of carbonyl (C=O) groups is 1. The number of thiophene rings is 1. The van der Waals surface area contributed by atoms with E-state index >= 15 is 0 Å². The SMILES string of the molecule is COc1ccc(Cl)cc1NC(=O)c1sc2nc(-c3ccccc3)cc(-c3ccccc3)c2c1N. The van der Waals surface area contributed by atoms with E-state index in [0.717, 1.165) is 27.8 Å². The van der Waals surface area contributed by atoms with Crippen molar-refractivity contribution < 1.29 is 9.53 Å². The first-order valence-corrected chi connectivity index (χ1v) is 11.7. The summed E-state index contributed by atoms with van der Waals surface area (Å²) in [5.41, 5.74) is 11.2. The molecule has 0 saturated carbocycles. The van der Waals surface area contributed by atoms with Crippen LogP contribution in [0.15, 0.2) is 84.9 Å². The fourth-order valence-corrected chi connectivity index (χ4v) is 5.04. The van der Waals surface area contributed by atoms with Gasteiger partial charge in [-0.2, -0.15) is 0 Å². The van der Waals surface area contributed by atoms with E-state index in [2.05, 4.69) is 5.32 Å². The zero-order valence-electron chi connectivity index (χ0n) is 18.2. The van der Waals surface area contributed by atoms with Gasteiger partial charge in [-0.1, -0.05) is 72.3 Å². The standard InChI is InChI=1S/C27H20ClN3O2S/c1-33-22-13-12-18(28)14-21(22)30-26(32)25-24(29)23-19(16-8-4-2-5-9-16)15-20(31-27(23)34-25)17-10-6-3-7-11-17/h2-15H,29H2,1H3,(H,30,32). The highest BCUT2D eigenvalue weighted by Gasteiger charge is 2.22. The number of carbonyl (C=O) groups excluding carboxylic acids is 1. The van der Waals surface area contributed by atoms with E-state index in [-0.39, 0.29) is 5.91 Å². The summed E-state index contributed by atoms with van der Waals surface area (Å²) in [7, 11) is 1.54. The lowest BCUT2D eigenvalue weighted by molar-refractivity contribution is 0.103. The van der Waals surface area contributed by atoms with E-state index in [9.17, 15) is 4.79 Å². The highest BCUT2D eigenvalue weighted by molar-refractivity contribution is 7.21. The molecule has 3 N–H and O–H groups in total. The number of benzene rings is 3. The maximum atomic E-state index is 13.3. The largest absolute Gasteiger partial charge is 0.495 e. The first-order valence-electron chi connectivity index (χ1n) is 10.5.